The van der Waals surface area contributed by atoms with Gasteiger partial charge in [-0.25, -0.2) is 0 Å². The van der Waals surface area contributed by atoms with E-state index in [-0.39, 0.29) is 32.1 Å². The molecule has 0 saturated carbocycles. The summed E-state index contributed by atoms with van der Waals surface area (Å²) in [6, 6.07) is -3.69. The van der Waals surface area contributed by atoms with Crippen molar-refractivity contribution in [2.75, 3.05) is 0 Å². The van der Waals surface area contributed by atoms with Crippen LogP contribution in [0.1, 0.15) is 38.5 Å². The molecule has 27 heavy (non-hydrogen) atoms. The highest BCUT2D eigenvalue weighted by Crippen LogP contribution is 2.03. The van der Waals surface area contributed by atoms with Crippen LogP contribution in [-0.4, -0.2) is 69.5 Å². The normalized spacial score (nSPS) is 13.7. The number of carbonyl (C=O) groups excluding carboxylic acids is 3. The molecule has 0 unspecified atom stereocenters. The van der Waals surface area contributed by atoms with Crippen molar-refractivity contribution in [3.63, 3.8) is 0 Å². The highest BCUT2D eigenvalue weighted by Gasteiger charge is 2.26. The molecular formula is C15H23N3O9. The van der Waals surface area contributed by atoms with Gasteiger partial charge in [-0.2, -0.15) is 0 Å². The maximum absolute atomic E-state index is 12.2. The monoisotopic (exact) mass is 389 g/mol. The maximum atomic E-state index is 12.2. The van der Waals surface area contributed by atoms with E-state index in [4.69, 9.17) is 21.1 Å². The summed E-state index contributed by atoms with van der Waals surface area (Å²) in [4.78, 5) is 66.9. The molecule has 152 valence electrons. The van der Waals surface area contributed by atoms with Gasteiger partial charge < -0.3 is 36.5 Å². The number of nitrogens with two attached hydrogens (primary N) is 1. The highest BCUT2D eigenvalue weighted by molar-refractivity contribution is 5.91. The molecule has 0 fully saturated rings. The van der Waals surface area contributed by atoms with Gasteiger partial charge in [-0.1, -0.05) is 0 Å². The number of hydrogen-bond donors (Lipinski definition) is 6. The van der Waals surface area contributed by atoms with Gasteiger partial charge in [0.25, 0.3) is 0 Å². The lowest BCUT2D eigenvalue weighted by Crippen LogP contribution is -2.53. The Morgan fingerprint density at radius 3 is 1.74 bits per heavy atom. The van der Waals surface area contributed by atoms with Crippen LogP contribution in [0.3, 0.4) is 0 Å². The van der Waals surface area contributed by atoms with Crippen molar-refractivity contribution in [2.45, 2.75) is 56.7 Å². The Bertz CT molecular complexity index is 579. The van der Waals surface area contributed by atoms with Crippen molar-refractivity contribution in [3.8, 4) is 0 Å². The van der Waals surface area contributed by atoms with Crippen LogP contribution >= 0.6 is 0 Å². The molecule has 0 aromatic rings. The van der Waals surface area contributed by atoms with E-state index >= 15 is 0 Å². The summed E-state index contributed by atoms with van der Waals surface area (Å²) in [5.74, 6) is -5.29. The van der Waals surface area contributed by atoms with Crippen LogP contribution in [0.25, 0.3) is 0 Å². The maximum Gasteiger partial charge on any atom is 0.303 e. The zero-order chi connectivity index (χ0) is 21.0. The smallest absolute Gasteiger partial charge is 0.303 e. The van der Waals surface area contributed by atoms with Gasteiger partial charge in [-0.05, 0) is 19.3 Å². The van der Waals surface area contributed by atoms with E-state index < -0.39 is 54.3 Å². The predicted molar refractivity (Wildman–Crippen MR) is 88.5 cm³/mol. The molecule has 12 nitrogen and oxygen atoms in total. The topological polar surface area (TPSA) is 213 Å². The molecule has 0 aliphatic carbocycles. The van der Waals surface area contributed by atoms with Crippen molar-refractivity contribution >= 4 is 36.0 Å². The first kappa shape index (κ1) is 24.0. The number of carboxylic acids is 3. The Hall–Kier alpha value is -3.02. The number of carboxylic acid groups (broad SMARTS) is 3. The second kappa shape index (κ2) is 12.4. The van der Waals surface area contributed by atoms with Gasteiger partial charge in [0.2, 0.25) is 11.8 Å². The van der Waals surface area contributed by atoms with E-state index in [1.165, 1.54) is 0 Å². The predicted octanol–water partition coefficient (Wildman–Crippen LogP) is -1.92. The average molecular weight is 389 g/mol. The summed E-state index contributed by atoms with van der Waals surface area (Å²) in [6.07, 6.45) is -1.56. The van der Waals surface area contributed by atoms with Crippen molar-refractivity contribution < 1.29 is 44.1 Å². The van der Waals surface area contributed by atoms with Gasteiger partial charge in [-0.3, -0.25) is 24.0 Å². The lowest BCUT2D eigenvalue weighted by Gasteiger charge is -2.21. The third-order valence-electron chi connectivity index (χ3n) is 3.45. The van der Waals surface area contributed by atoms with Gasteiger partial charge in [-0.15, -0.1) is 0 Å². The largest absolute Gasteiger partial charge is 0.481 e. The molecule has 2 amide bonds. The molecule has 0 heterocycles. The summed E-state index contributed by atoms with van der Waals surface area (Å²) in [5.41, 5.74) is 5.53. The molecule has 12 heteroatoms. The van der Waals surface area contributed by atoms with Gasteiger partial charge >= 0.3 is 17.9 Å². The molecule has 0 spiro atoms. The Kier molecular flexibility index (Phi) is 11.0. The van der Waals surface area contributed by atoms with Gasteiger partial charge in [0.05, 0.1) is 12.1 Å². The van der Waals surface area contributed by atoms with Crippen LogP contribution in [0.5, 0.6) is 0 Å². The summed E-state index contributed by atoms with van der Waals surface area (Å²) >= 11 is 0. The van der Waals surface area contributed by atoms with Crippen molar-refractivity contribution in [2.24, 2.45) is 5.73 Å². The molecule has 0 aromatic carbocycles. The molecule has 0 aliphatic rings. The SMILES string of the molecule is N[C@H](CCC(=O)O)C(=O)N[C@@H](CCC(=O)O)C(=O)N[C@H](C=O)CCC(=O)O. The number of hydrogen-bond acceptors (Lipinski definition) is 7. The van der Waals surface area contributed by atoms with Crippen LogP contribution in [0.4, 0.5) is 0 Å². The van der Waals surface area contributed by atoms with Crippen molar-refractivity contribution in [1.82, 2.24) is 10.6 Å². The van der Waals surface area contributed by atoms with Crippen molar-refractivity contribution in [3.05, 3.63) is 0 Å². The molecule has 0 aromatic heterocycles. The Morgan fingerprint density at radius 1 is 0.778 bits per heavy atom. The second-order valence-corrected chi connectivity index (χ2v) is 5.72. The molecular weight excluding hydrogens is 366 g/mol. The highest BCUT2D eigenvalue weighted by atomic mass is 16.4. The van der Waals surface area contributed by atoms with Crippen LogP contribution in [0.15, 0.2) is 0 Å². The van der Waals surface area contributed by atoms with Gasteiger partial charge in [0.15, 0.2) is 0 Å². The summed E-state index contributed by atoms with van der Waals surface area (Å²) < 4.78 is 0. The molecule has 0 rings (SSSR count). The Balaban J connectivity index is 4.94. The fourth-order valence-electron chi connectivity index (χ4n) is 1.96. The number of amides is 2. The minimum absolute atomic E-state index is 0.178. The van der Waals surface area contributed by atoms with Gasteiger partial charge in [0.1, 0.15) is 12.3 Å². The number of aliphatic carboxylic acids is 3. The van der Waals surface area contributed by atoms with Crippen LogP contribution < -0.4 is 16.4 Å². The van der Waals surface area contributed by atoms with Crippen LogP contribution in [-0.2, 0) is 28.8 Å². The first-order chi connectivity index (χ1) is 12.6. The molecule has 0 bridgehead atoms. The van der Waals surface area contributed by atoms with Gasteiger partial charge in [0, 0.05) is 19.3 Å². The standard InChI is InChI=1S/C15H23N3O9/c16-9(2-5-12(22)23)14(26)18-10(3-6-13(24)25)15(27)17-8(7-19)1-4-11(20)21/h7-10H,1-6,16H2,(H,17,27)(H,18,26)(H,20,21)(H,22,23)(H,24,25)/t8-,9+,10-/m0/s1. The number of rotatable bonds is 14. The lowest BCUT2D eigenvalue weighted by molar-refractivity contribution is -0.139. The zero-order valence-corrected chi connectivity index (χ0v) is 14.4. The van der Waals surface area contributed by atoms with E-state index in [9.17, 15) is 28.8 Å². The number of carbonyl (C=O) groups is 6. The first-order valence-corrected chi connectivity index (χ1v) is 8.03. The zero-order valence-electron chi connectivity index (χ0n) is 14.4. The third-order valence-corrected chi connectivity index (χ3v) is 3.45. The van der Waals surface area contributed by atoms with Crippen molar-refractivity contribution in [1.29, 1.82) is 0 Å². The Labute approximate surface area is 154 Å². The number of nitrogens with one attached hydrogen (secondary N) is 2. The van der Waals surface area contributed by atoms with E-state index in [1.807, 2.05) is 0 Å². The van der Waals surface area contributed by atoms with E-state index in [1.54, 1.807) is 0 Å². The molecule has 7 N–H and O–H groups in total. The quantitative estimate of drug-likeness (QED) is 0.181. The minimum atomic E-state index is -1.34. The second-order valence-electron chi connectivity index (χ2n) is 5.72. The molecule has 0 radical (unpaired) electrons. The molecule has 0 saturated heterocycles. The van der Waals surface area contributed by atoms with E-state index in [0.717, 1.165) is 0 Å². The third kappa shape index (κ3) is 11.3. The minimum Gasteiger partial charge on any atom is -0.481 e. The first-order valence-electron chi connectivity index (χ1n) is 8.03. The fraction of sp³-hybridized carbons (Fsp3) is 0.600. The molecule has 0 aliphatic heterocycles. The van der Waals surface area contributed by atoms with Crippen LogP contribution in [0, 0.1) is 0 Å². The number of aldehydes is 1. The fourth-order valence-corrected chi connectivity index (χ4v) is 1.96. The Morgan fingerprint density at radius 2 is 1.26 bits per heavy atom. The lowest BCUT2D eigenvalue weighted by atomic mass is 10.1. The molecule has 3 atom stereocenters. The van der Waals surface area contributed by atoms with E-state index in [0.29, 0.717) is 6.29 Å². The van der Waals surface area contributed by atoms with E-state index in [2.05, 4.69) is 10.6 Å². The summed E-state index contributed by atoms with van der Waals surface area (Å²) in [5, 5.41) is 30.4. The van der Waals surface area contributed by atoms with Crippen LogP contribution in [0.2, 0.25) is 0 Å². The summed E-state index contributed by atoms with van der Waals surface area (Å²) in [6.45, 7) is 0. The average Bonchev–Trinajstić information content (AvgIpc) is 2.58. The summed E-state index contributed by atoms with van der Waals surface area (Å²) in [7, 11) is 0.